The highest BCUT2D eigenvalue weighted by Crippen LogP contribution is 2.18. The molecular weight excluding hydrogens is 304 g/mol. The number of aryl methyl sites for hydroxylation is 2. The predicted molar refractivity (Wildman–Crippen MR) is 89.5 cm³/mol. The molecule has 7 heteroatoms. The molecule has 0 amide bonds. The van der Waals surface area contributed by atoms with Crippen molar-refractivity contribution >= 4 is 11.8 Å². The fraction of sp³-hybridized carbons (Fsp3) is 0.176. The number of rotatable bonds is 4. The molecule has 0 saturated heterocycles. The smallest absolute Gasteiger partial charge is 0.322 e. The number of aromatic nitrogens is 5. The van der Waals surface area contributed by atoms with Crippen molar-refractivity contribution in [3.8, 4) is 11.4 Å². The van der Waals surface area contributed by atoms with Gasteiger partial charge in [-0.15, -0.1) is 0 Å². The number of benzene rings is 1. The molecule has 0 saturated carbocycles. The summed E-state index contributed by atoms with van der Waals surface area (Å²) in [5.41, 5.74) is 3.94. The van der Waals surface area contributed by atoms with E-state index in [1.54, 1.807) is 6.20 Å². The van der Waals surface area contributed by atoms with Gasteiger partial charge in [-0.1, -0.05) is 35.5 Å². The van der Waals surface area contributed by atoms with E-state index in [9.17, 15) is 0 Å². The highest BCUT2D eigenvalue weighted by atomic mass is 16.5. The first-order valence-corrected chi connectivity index (χ1v) is 7.64. The molecule has 24 heavy (non-hydrogen) atoms. The van der Waals surface area contributed by atoms with Crippen molar-refractivity contribution in [1.29, 1.82) is 0 Å². The molecule has 0 fully saturated rings. The van der Waals surface area contributed by atoms with Crippen molar-refractivity contribution in [2.24, 2.45) is 0 Å². The zero-order valence-electron chi connectivity index (χ0n) is 13.4. The van der Waals surface area contributed by atoms with Crippen LogP contribution in [0.1, 0.15) is 17.1 Å². The standard InChI is InChI=1S/C17H16N6O/c1-11-8-12(2)23-14(9-18-16(23)20-11)10-19-17-21-15(22-24-17)13-6-4-3-5-7-13/h3-9H,10H2,1-2H3,(H,19,21,22). The largest absolute Gasteiger partial charge is 0.332 e. The maximum atomic E-state index is 5.26. The lowest BCUT2D eigenvalue weighted by Crippen LogP contribution is -2.05. The van der Waals surface area contributed by atoms with E-state index < -0.39 is 0 Å². The number of hydrogen-bond acceptors (Lipinski definition) is 6. The van der Waals surface area contributed by atoms with Crippen LogP contribution in [0.5, 0.6) is 0 Å². The van der Waals surface area contributed by atoms with E-state index in [0.29, 0.717) is 24.2 Å². The Kier molecular flexibility index (Phi) is 3.45. The van der Waals surface area contributed by atoms with Crippen molar-refractivity contribution in [3.05, 3.63) is 59.7 Å². The van der Waals surface area contributed by atoms with Crippen LogP contribution in [-0.4, -0.2) is 24.5 Å². The van der Waals surface area contributed by atoms with E-state index in [0.717, 1.165) is 22.6 Å². The SMILES string of the molecule is Cc1cc(C)n2c(CNc3nc(-c4ccccc4)no3)cnc2n1. The van der Waals surface area contributed by atoms with Crippen LogP contribution in [0.4, 0.5) is 6.01 Å². The van der Waals surface area contributed by atoms with Gasteiger partial charge in [0, 0.05) is 17.0 Å². The molecule has 7 nitrogen and oxygen atoms in total. The summed E-state index contributed by atoms with van der Waals surface area (Å²) in [6.45, 7) is 4.51. The average molecular weight is 320 g/mol. The lowest BCUT2D eigenvalue weighted by Gasteiger charge is -2.05. The van der Waals surface area contributed by atoms with Crippen LogP contribution in [0.3, 0.4) is 0 Å². The van der Waals surface area contributed by atoms with Gasteiger partial charge in [-0.2, -0.15) is 4.98 Å². The second-order valence-electron chi connectivity index (χ2n) is 5.57. The van der Waals surface area contributed by atoms with Gasteiger partial charge in [0.25, 0.3) is 0 Å². The summed E-state index contributed by atoms with van der Waals surface area (Å²) in [6, 6.07) is 12.1. The van der Waals surface area contributed by atoms with Crippen LogP contribution in [0, 0.1) is 13.8 Å². The van der Waals surface area contributed by atoms with Crippen molar-refractivity contribution in [2.45, 2.75) is 20.4 Å². The monoisotopic (exact) mass is 320 g/mol. The third-order valence-corrected chi connectivity index (χ3v) is 3.74. The van der Waals surface area contributed by atoms with E-state index in [1.165, 1.54) is 0 Å². The Labute approximate surface area is 138 Å². The molecule has 0 unspecified atom stereocenters. The lowest BCUT2D eigenvalue weighted by molar-refractivity contribution is 0.431. The minimum atomic E-state index is 0.376. The molecule has 0 spiro atoms. The van der Waals surface area contributed by atoms with Crippen molar-refractivity contribution < 1.29 is 4.52 Å². The molecule has 0 aliphatic heterocycles. The van der Waals surface area contributed by atoms with Gasteiger partial charge in [-0.05, 0) is 19.9 Å². The average Bonchev–Trinajstić information content (AvgIpc) is 3.20. The summed E-state index contributed by atoms with van der Waals surface area (Å²) in [5.74, 6) is 1.25. The van der Waals surface area contributed by atoms with Crippen LogP contribution in [0.2, 0.25) is 0 Å². The Morgan fingerprint density at radius 1 is 1.12 bits per heavy atom. The Morgan fingerprint density at radius 3 is 2.79 bits per heavy atom. The van der Waals surface area contributed by atoms with Gasteiger partial charge in [0.1, 0.15) is 0 Å². The third-order valence-electron chi connectivity index (χ3n) is 3.74. The van der Waals surface area contributed by atoms with Crippen molar-refractivity contribution in [2.75, 3.05) is 5.32 Å². The molecule has 0 aliphatic carbocycles. The number of nitrogens with zero attached hydrogens (tertiary/aromatic N) is 5. The van der Waals surface area contributed by atoms with Gasteiger partial charge in [-0.25, -0.2) is 9.97 Å². The maximum absolute atomic E-state index is 5.26. The van der Waals surface area contributed by atoms with Crippen LogP contribution < -0.4 is 5.32 Å². The molecule has 3 aromatic heterocycles. The fourth-order valence-corrected chi connectivity index (χ4v) is 2.69. The van der Waals surface area contributed by atoms with E-state index >= 15 is 0 Å². The Bertz CT molecular complexity index is 989. The highest BCUT2D eigenvalue weighted by Gasteiger charge is 2.11. The third kappa shape index (κ3) is 2.60. The molecule has 1 aromatic carbocycles. The van der Waals surface area contributed by atoms with Gasteiger partial charge in [-0.3, -0.25) is 4.40 Å². The number of imidazole rings is 1. The van der Waals surface area contributed by atoms with E-state index in [2.05, 4.69) is 25.4 Å². The van der Waals surface area contributed by atoms with Gasteiger partial charge >= 0.3 is 6.01 Å². The summed E-state index contributed by atoms with van der Waals surface area (Å²) in [4.78, 5) is 13.1. The molecule has 0 radical (unpaired) electrons. The Hall–Kier alpha value is -3.22. The zero-order chi connectivity index (χ0) is 16.5. The topological polar surface area (TPSA) is 81.1 Å². The van der Waals surface area contributed by atoms with Gasteiger partial charge < -0.3 is 9.84 Å². The van der Waals surface area contributed by atoms with Crippen molar-refractivity contribution in [1.82, 2.24) is 24.5 Å². The summed E-state index contributed by atoms with van der Waals surface area (Å²) < 4.78 is 7.27. The van der Waals surface area contributed by atoms with Crippen LogP contribution in [0.15, 0.2) is 47.1 Å². The molecule has 0 atom stereocenters. The summed E-state index contributed by atoms with van der Waals surface area (Å²) >= 11 is 0. The first kappa shape index (κ1) is 14.4. The molecule has 3 heterocycles. The molecule has 0 aliphatic rings. The second kappa shape index (κ2) is 5.77. The Morgan fingerprint density at radius 2 is 1.96 bits per heavy atom. The minimum Gasteiger partial charge on any atom is -0.332 e. The molecule has 4 rings (SSSR count). The molecule has 0 bridgehead atoms. The van der Waals surface area contributed by atoms with Gasteiger partial charge in [0.2, 0.25) is 11.6 Å². The maximum Gasteiger partial charge on any atom is 0.322 e. The number of nitrogens with one attached hydrogen (secondary N) is 1. The molecule has 120 valence electrons. The first-order valence-electron chi connectivity index (χ1n) is 7.64. The summed E-state index contributed by atoms with van der Waals surface area (Å²) in [7, 11) is 0. The zero-order valence-corrected chi connectivity index (χ0v) is 13.4. The quantitative estimate of drug-likeness (QED) is 0.622. The van der Waals surface area contributed by atoms with Gasteiger partial charge in [0.05, 0.1) is 18.4 Å². The fourth-order valence-electron chi connectivity index (χ4n) is 2.69. The molecule has 1 N–H and O–H groups in total. The second-order valence-corrected chi connectivity index (χ2v) is 5.57. The minimum absolute atomic E-state index is 0.376. The first-order chi connectivity index (χ1) is 11.7. The normalized spacial score (nSPS) is 11.1. The summed E-state index contributed by atoms with van der Waals surface area (Å²) in [5, 5.41) is 7.14. The van der Waals surface area contributed by atoms with Crippen LogP contribution >= 0.6 is 0 Å². The van der Waals surface area contributed by atoms with E-state index in [1.807, 2.05) is 54.6 Å². The van der Waals surface area contributed by atoms with Crippen molar-refractivity contribution in [3.63, 3.8) is 0 Å². The highest BCUT2D eigenvalue weighted by molar-refractivity contribution is 5.54. The number of anilines is 1. The molecule has 4 aromatic rings. The number of fused-ring (bicyclic) bond motifs is 1. The van der Waals surface area contributed by atoms with Gasteiger partial charge in [0.15, 0.2) is 0 Å². The van der Waals surface area contributed by atoms with Crippen LogP contribution in [0.25, 0.3) is 17.2 Å². The summed E-state index contributed by atoms with van der Waals surface area (Å²) in [6.07, 6.45) is 1.80. The van der Waals surface area contributed by atoms with Crippen LogP contribution in [-0.2, 0) is 6.54 Å². The lowest BCUT2D eigenvalue weighted by atomic mass is 10.2. The predicted octanol–water partition coefficient (Wildman–Crippen LogP) is 3.01. The molecular formula is C17H16N6O. The number of hydrogen-bond donors (Lipinski definition) is 1. The van der Waals surface area contributed by atoms with E-state index in [4.69, 9.17) is 4.52 Å². The van der Waals surface area contributed by atoms with E-state index in [-0.39, 0.29) is 0 Å². The Balaban J connectivity index is 1.55.